The number of carboxylic acids is 2. The zero-order chi connectivity index (χ0) is 41.8. The van der Waals surface area contributed by atoms with Crippen LogP contribution in [0, 0.1) is 50.2 Å². The van der Waals surface area contributed by atoms with Gasteiger partial charge in [-0.3, -0.25) is 9.59 Å². The Morgan fingerprint density at radius 2 is 1.33 bits per heavy atom. The molecule has 2 aliphatic heterocycles. The van der Waals surface area contributed by atoms with E-state index in [1.165, 1.54) is 5.57 Å². The largest absolute Gasteiger partial charge is 0.481 e. The lowest BCUT2D eigenvalue weighted by Crippen LogP contribution is -2.67. The molecule has 57 heavy (non-hydrogen) atoms. The number of aliphatic hydroxyl groups is 7. The number of aliphatic carboxylic acids is 2. The molecule has 0 aromatic heterocycles. The second-order valence-corrected chi connectivity index (χ2v) is 20.5. The van der Waals surface area contributed by atoms with Crippen LogP contribution in [-0.2, 0) is 28.5 Å². The minimum atomic E-state index is -1.78. The van der Waals surface area contributed by atoms with E-state index in [2.05, 4.69) is 40.7 Å². The number of aliphatic hydroxyl groups excluding tert-OH is 7. The topological polar surface area (TPSA) is 253 Å². The Kier molecular flexibility index (Phi) is 11.2. The molecule has 0 radical (unpaired) electrons. The summed E-state index contributed by atoms with van der Waals surface area (Å²) in [6, 6.07) is 0. The highest BCUT2D eigenvalue weighted by Gasteiger charge is 2.71. The SMILES string of the molecule is CC1(C)CCC2(C(=O)O)CCC3(C)C(=CCC4C5(C)CCC(OC6OC(COC7OC(CO)C(O)C(O)C7O)C(O)C(O)C6O)C(C)(C(=O)O)C5CCC43C)C2C1. The zero-order valence-corrected chi connectivity index (χ0v) is 34.1. The molecule has 0 aromatic rings. The van der Waals surface area contributed by atoms with Crippen molar-refractivity contribution in [1.82, 2.24) is 0 Å². The van der Waals surface area contributed by atoms with Crippen LogP contribution in [-0.4, -0.2) is 139 Å². The normalized spacial score (nSPS) is 53.3. The van der Waals surface area contributed by atoms with E-state index in [1.807, 2.05) is 0 Å². The molecule has 9 N–H and O–H groups in total. The molecule has 2 saturated heterocycles. The van der Waals surface area contributed by atoms with Crippen molar-refractivity contribution in [2.24, 2.45) is 50.2 Å². The Bertz CT molecular complexity index is 1590. The van der Waals surface area contributed by atoms with Crippen LogP contribution in [0.25, 0.3) is 0 Å². The summed E-state index contributed by atoms with van der Waals surface area (Å²) in [5.41, 5.74) is -1.77. The summed E-state index contributed by atoms with van der Waals surface area (Å²) in [7, 11) is 0. The van der Waals surface area contributed by atoms with Gasteiger partial charge in [0.15, 0.2) is 12.6 Å². The fourth-order valence-corrected chi connectivity index (χ4v) is 13.5. The molecule has 7 rings (SSSR count). The van der Waals surface area contributed by atoms with Crippen molar-refractivity contribution in [2.45, 2.75) is 173 Å². The van der Waals surface area contributed by atoms with Crippen molar-refractivity contribution in [3.05, 3.63) is 11.6 Å². The molecule has 19 unspecified atom stereocenters. The molecular weight excluding hydrogens is 744 g/mol. The van der Waals surface area contributed by atoms with Crippen LogP contribution < -0.4 is 0 Å². The average Bonchev–Trinajstić information content (AvgIpc) is 3.15. The average molecular weight is 811 g/mol. The maximum absolute atomic E-state index is 13.6. The molecule has 0 amide bonds. The number of rotatable bonds is 8. The molecule has 2 heterocycles. The van der Waals surface area contributed by atoms with Crippen molar-refractivity contribution in [3.63, 3.8) is 0 Å². The van der Waals surface area contributed by atoms with Crippen LogP contribution >= 0.6 is 0 Å². The van der Waals surface area contributed by atoms with Crippen LogP contribution in [0.2, 0.25) is 0 Å². The molecule has 19 atom stereocenters. The summed E-state index contributed by atoms with van der Waals surface area (Å²) in [5.74, 6) is -2.01. The lowest BCUT2D eigenvalue weighted by Gasteiger charge is -2.71. The number of carboxylic acid groups (broad SMARTS) is 2. The monoisotopic (exact) mass is 810 g/mol. The molecule has 4 saturated carbocycles. The minimum Gasteiger partial charge on any atom is -0.481 e. The van der Waals surface area contributed by atoms with Gasteiger partial charge < -0.3 is 64.9 Å². The summed E-state index contributed by atoms with van der Waals surface area (Å²) < 4.78 is 23.3. The first-order chi connectivity index (χ1) is 26.5. The summed E-state index contributed by atoms with van der Waals surface area (Å²) in [6.45, 7) is 11.9. The third-order valence-electron chi connectivity index (χ3n) is 17.4. The molecule has 15 heteroatoms. The fraction of sp³-hybridized carbons (Fsp3) is 0.905. The first-order valence-electron chi connectivity index (χ1n) is 21.0. The molecule has 0 aromatic carbocycles. The third kappa shape index (κ3) is 6.39. The number of carbonyl (C=O) groups is 2. The lowest BCUT2D eigenvalue weighted by molar-refractivity contribution is -0.345. The van der Waals surface area contributed by atoms with E-state index in [0.717, 1.165) is 32.1 Å². The highest BCUT2D eigenvalue weighted by molar-refractivity contribution is 5.77. The zero-order valence-electron chi connectivity index (χ0n) is 34.1. The van der Waals surface area contributed by atoms with Crippen LogP contribution in [0.5, 0.6) is 0 Å². The lowest BCUT2D eigenvalue weighted by atomic mass is 9.33. The van der Waals surface area contributed by atoms with E-state index in [4.69, 9.17) is 18.9 Å². The fourth-order valence-electron chi connectivity index (χ4n) is 13.5. The van der Waals surface area contributed by atoms with Crippen molar-refractivity contribution in [2.75, 3.05) is 13.2 Å². The van der Waals surface area contributed by atoms with Crippen molar-refractivity contribution < 1.29 is 74.5 Å². The van der Waals surface area contributed by atoms with E-state index >= 15 is 0 Å². The van der Waals surface area contributed by atoms with Gasteiger partial charge in [0.05, 0.1) is 30.1 Å². The van der Waals surface area contributed by atoms with Gasteiger partial charge >= 0.3 is 11.9 Å². The van der Waals surface area contributed by atoms with Crippen molar-refractivity contribution in [3.8, 4) is 0 Å². The maximum atomic E-state index is 13.6. The van der Waals surface area contributed by atoms with Gasteiger partial charge in [-0.25, -0.2) is 0 Å². The number of fused-ring (bicyclic) bond motifs is 7. The van der Waals surface area contributed by atoms with Gasteiger partial charge in [0.25, 0.3) is 0 Å². The van der Waals surface area contributed by atoms with E-state index in [9.17, 15) is 55.5 Å². The predicted molar refractivity (Wildman–Crippen MR) is 200 cm³/mol. The van der Waals surface area contributed by atoms with Crippen LogP contribution in [0.4, 0.5) is 0 Å². The van der Waals surface area contributed by atoms with Crippen molar-refractivity contribution >= 4 is 11.9 Å². The first-order valence-corrected chi connectivity index (χ1v) is 21.0. The number of hydrogen-bond donors (Lipinski definition) is 9. The predicted octanol–water partition coefficient (Wildman–Crippen LogP) is 1.95. The molecule has 5 aliphatic carbocycles. The molecule has 6 fully saturated rings. The van der Waals surface area contributed by atoms with Crippen LogP contribution in [0.15, 0.2) is 11.6 Å². The van der Waals surface area contributed by atoms with Gasteiger partial charge in [-0.1, -0.05) is 46.3 Å². The van der Waals surface area contributed by atoms with Gasteiger partial charge in [-0.2, -0.15) is 0 Å². The van der Waals surface area contributed by atoms with Crippen LogP contribution in [0.1, 0.15) is 106 Å². The summed E-state index contributed by atoms with van der Waals surface area (Å²) >= 11 is 0. The quantitative estimate of drug-likeness (QED) is 0.126. The Labute approximate surface area is 334 Å². The van der Waals surface area contributed by atoms with E-state index < -0.39 is 109 Å². The summed E-state index contributed by atoms with van der Waals surface area (Å²) in [5, 5.41) is 94.9. The van der Waals surface area contributed by atoms with Crippen molar-refractivity contribution in [1.29, 1.82) is 0 Å². The molecule has 324 valence electrons. The first kappa shape index (κ1) is 43.3. The van der Waals surface area contributed by atoms with Gasteiger partial charge in [-0.05, 0) is 111 Å². The number of hydrogen-bond acceptors (Lipinski definition) is 13. The van der Waals surface area contributed by atoms with Gasteiger partial charge in [0, 0.05) is 0 Å². The molecule has 15 nitrogen and oxygen atoms in total. The van der Waals surface area contributed by atoms with Gasteiger partial charge in [0.2, 0.25) is 0 Å². The van der Waals surface area contributed by atoms with Gasteiger partial charge in [0.1, 0.15) is 48.8 Å². The summed E-state index contributed by atoms with van der Waals surface area (Å²) in [6.07, 6.45) is -7.76. The Morgan fingerprint density at radius 3 is 1.96 bits per heavy atom. The standard InChI is InChI=1S/C42H66O15/c1-37(2)13-15-42(36(52)53)16-14-39(4)20(21(42)17-37)7-8-24-38(3)11-10-26(41(6,35(50)51)25(38)9-12-40(24,39)5)57-34-32(49)30(47)28(45)23(56-34)19-54-33-31(48)29(46)27(44)22(18-43)55-33/h7,21-34,43-49H,8-19H2,1-6H3,(H,50,51)(H,52,53). The Balaban J connectivity index is 1.12. The smallest absolute Gasteiger partial charge is 0.312 e. The number of allylic oxidation sites excluding steroid dienone is 2. The number of ether oxygens (including phenoxy) is 4. The summed E-state index contributed by atoms with van der Waals surface area (Å²) in [4.78, 5) is 26.6. The molecule has 0 bridgehead atoms. The molecule has 0 spiro atoms. The van der Waals surface area contributed by atoms with Gasteiger partial charge in [-0.15, -0.1) is 0 Å². The maximum Gasteiger partial charge on any atom is 0.312 e. The highest BCUT2D eigenvalue weighted by Crippen LogP contribution is 2.76. The highest BCUT2D eigenvalue weighted by atomic mass is 16.7. The second kappa shape index (κ2) is 14.7. The van der Waals surface area contributed by atoms with E-state index in [0.29, 0.717) is 32.1 Å². The van der Waals surface area contributed by atoms with E-state index in [-0.39, 0.29) is 34.0 Å². The molecular formula is C42H66O15. The Morgan fingerprint density at radius 1 is 0.719 bits per heavy atom. The van der Waals surface area contributed by atoms with Crippen LogP contribution in [0.3, 0.4) is 0 Å². The Hall–Kier alpha value is -1.76. The second-order valence-electron chi connectivity index (χ2n) is 20.5. The minimum absolute atomic E-state index is 0.0346. The third-order valence-corrected chi connectivity index (χ3v) is 17.4. The van der Waals surface area contributed by atoms with E-state index in [1.54, 1.807) is 6.92 Å². The molecule has 7 aliphatic rings.